The van der Waals surface area contributed by atoms with E-state index in [-0.39, 0.29) is 18.3 Å². The van der Waals surface area contributed by atoms with Crippen molar-refractivity contribution in [3.8, 4) is 5.75 Å². The summed E-state index contributed by atoms with van der Waals surface area (Å²) in [6.07, 6.45) is 1.24. The standard InChI is InChI=1S/C21H23NO5/c1-3-5-20(24)22-17-10-6-15(7-11-17)19(23)14-27-18-12-8-16(9-13-18)21(25)26-4-2/h6-13H,3-5,14H2,1-2H3,(H,22,24). The highest BCUT2D eigenvalue weighted by molar-refractivity contribution is 5.98. The molecule has 0 spiro atoms. The smallest absolute Gasteiger partial charge is 0.338 e. The number of rotatable bonds is 9. The highest BCUT2D eigenvalue weighted by atomic mass is 16.5. The minimum Gasteiger partial charge on any atom is -0.485 e. The molecule has 0 saturated carbocycles. The largest absolute Gasteiger partial charge is 0.485 e. The molecule has 0 unspecified atom stereocenters. The molecule has 0 atom stereocenters. The molecule has 2 aromatic rings. The fourth-order valence-electron chi connectivity index (χ4n) is 2.32. The van der Waals surface area contributed by atoms with Crippen LogP contribution in [-0.2, 0) is 9.53 Å². The zero-order chi connectivity index (χ0) is 19.6. The molecule has 0 aromatic heterocycles. The van der Waals surface area contributed by atoms with Crippen LogP contribution in [0.5, 0.6) is 5.75 Å². The van der Waals surface area contributed by atoms with E-state index in [0.29, 0.717) is 35.6 Å². The van der Waals surface area contributed by atoms with Crippen molar-refractivity contribution in [1.82, 2.24) is 0 Å². The highest BCUT2D eigenvalue weighted by Gasteiger charge is 2.09. The molecule has 6 heteroatoms. The van der Waals surface area contributed by atoms with Crippen LogP contribution in [0.4, 0.5) is 5.69 Å². The van der Waals surface area contributed by atoms with Gasteiger partial charge in [0.2, 0.25) is 5.91 Å². The van der Waals surface area contributed by atoms with Crippen LogP contribution in [0.25, 0.3) is 0 Å². The first-order valence-electron chi connectivity index (χ1n) is 8.86. The van der Waals surface area contributed by atoms with Gasteiger partial charge in [0.25, 0.3) is 0 Å². The van der Waals surface area contributed by atoms with Crippen molar-refractivity contribution in [1.29, 1.82) is 0 Å². The lowest BCUT2D eigenvalue weighted by atomic mass is 10.1. The van der Waals surface area contributed by atoms with Crippen molar-refractivity contribution in [2.24, 2.45) is 0 Å². The van der Waals surface area contributed by atoms with Crippen LogP contribution < -0.4 is 10.1 Å². The zero-order valence-electron chi connectivity index (χ0n) is 15.5. The van der Waals surface area contributed by atoms with E-state index in [1.165, 1.54) is 0 Å². The fourth-order valence-corrected chi connectivity index (χ4v) is 2.32. The van der Waals surface area contributed by atoms with Crippen LogP contribution in [0.2, 0.25) is 0 Å². The van der Waals surface area contributed by atoms with Gasteiger partial charge in [-0.1, -0.05) is 6.92 Å². The average Bonchev–Trinajstić information content (AvgIpc) is 2.67. The molecule has 6 nitrogen and oxygen atoms in total. The van der Waals surface area contributed by atoms with Crippen LogP contribution in [-0.4, -0.2) is 30.9 Å². The summed E-state index contributed by atoms with van der Waals surface area (Å²) in [6.45, 7) is 3.87. The first kappa shape index (κ1) is 20.2. The number of esters is 1. The normalized spacial score (nSPS) is 10.1. The van der Waals surface area contributed by atoms with Crippen molar-refractivity contribution in [2.75, 3.05) is 18.5 Å². The van der Waals surface area contributed by atoms with E-state index in [0.717, 1.165) is 6.42 Å². The summed E-state index contributed by atoms with van der Waals surface area (Å²) in [4.78, 5) is 35.4. The Morgan fingerprint density at radius 1 is 0.889 bits per heavy atom. The molecule has 0 heterocycles. The maximum Gasteiger partial charge on any atom is 0.338 e. The van der Waals surface area contributed by atoms with Gasteiger partial charge in [0.05, 0.1) is 12.2 Å². The van der Waals surface area contributed by atoms with E-state index >= 15 is 0 Å². The molecule has 27 heavy (non-hydrogen) atoms. The lowest BCUT2D eigenvalue weighted by molar-refractivity contribution is -0.116. The molecule has 2 aromatic carbocycles. The third kappa shape index (κ3) is 6.26. The summed E-state index contributed by atoms with van der Waals surface area (Å²) in [5.41, 5.74) is 1.57. The minimum absolute atomic E-state index is 0.0498. The number of anilines is 1. The van der Waals surface area contributed by atoms with Gasteiger partial charge in [-0.15, -0.1) is 0 Å². The van der Waals surface area contributed by atoms with Crippen LogP contribution in [0, 0.1) is 0 Å². The summed E-state index contributed by atoms with van der Waals surface area (Å²) < 4.78 is 10.4. The Hall–Kier alpha value is -3.15. The second kappa shape index (κ2) is 10.1. The number of Topliss-reactive ketones (excluding diaryl/α,β-unsaturated/α-hetero) is 1. The quantitative estimate of drug-likeness (QED) is 0.536. The maximum absolute atomic E-state index is 12.2. The molecule has 142 valence electrons. The van der Waals surface area contributed by atoms with E-state index < -0.39 is 5.97 Å². The number of ketones is 1. The monoisotopic (exact) mass is 369 g/mol. The Balaban J connectivity index is 1.88. The fraction of sp³-hybridized carbons (Fsp3) is 0.286. The number of hydrogen-bond donors (Lipinski definition) is 1. The molecule has 0 aliphatic rings. The second-order valence-corrected chi connectivity index (χ2v) is 5.83. The number of carbonyl (C=O) groups is 3. The Labute approximate surface area is 158 Å². The van der Waals surface area contributed by atoms with Crippen molar-refractivity contribution in [3.63, 3.8) is 0 Å². The molecule has 0 fully saturated rings. The lowest BCUT2D eigenvalue weighted by Gasteiger charge is -2.08. The number of nitrogens with one attached hydrogen (secondary N) is 1. The van der Waals surface area contributed by atoms with Gasteiger partial charge in [-0.05, 0) is 61.9 Å². The number of amides is 1. The van der Waals surface area contributed by atoms with Crippen molar-refractivity contribution >= 4 is 23.3 Å². The predicted octanol–water partition coefficient (Wildman–Crippen LogP) is 3.86. The van der Waals surface area contributed by atoms with Crippen LogP contribution in [0.1, 0.15) is 47.4 Å². The summed E-state index contributed by atoms with van der Waals surface area (Å²) in [7, 11) is 0. The second-order valence-electron chi connectivity index (χ2n) is 5.83. The topological polar surface area (TPSA) is 81.7 Å². The van der Waals surface area contributed by atoms with E-state index in [9.17, 15) is 14.4 Å². The van der Waals surface area contributed by atoms with Crippen molar-refractivity contribution < 1.29 is 23.9 Å². The Morgan fingerprint density at radius 3 is 2.11 bits per heavy atom. The predicted molar refractivity (Wildman–Crippen MR) is 102 cm³/mol. The van der Waals surface area contributed by atoms with Gasteiger partial charge in [-0.3, -0.25) is 9.59 Å². The van der Waals surface area contributed by atoms with Gasteiger partial charge in [0.15, 0.2) is 12.4 Å². The molecule has 0 aliphatic carbocycles. The highest BCUT2D eigenvalue weighted by Crippen LogP contribution is 2.15. The molecular weight excluding hydrogens is 346 g/mol. The van der Waals surface area contributed by atoms with Crippen molar-refractivity contribution in [2.45, 2.75) is 26.7 Å². The summed E-state index contributed by atoms with van der Waals surface area (Å²) >= 11 is 0. The lowest BCUT2D eigenvalue weighted by Crippen LogP contribution is -2.13. The molecule has 0 radical (unpaired) electrons. The van der Waals surface area contributed by atoms with E-state index in [2.05, 4.69) is 5.32 Å². The van der Waals surface area contributed by atoms with Crippen LogP contribution in [0.3, 0.4) is 0 Å². The van der Waals surface area contributed by atoms with Gasteiger partial charge in [-0.25, -0.2) is 4.79 Å². The third-order valence-electron chi connectivity index (χ3n) is 3.70. The Morgan fingerprint density at radius 2 is 1.52 bits per heavy atom. The first-order chi connectivity index (χ1) is 13.0. The molecule has 1 amide bonds. The molecule has 2 rings (SSSR count). The van der Waals surface area contributed by atoms with E-state index in [4.69, 9.17) is 9.47 Å². The molecule has 0 bridgehead atoms. The summed E-state index contributed by atoms with van der Waals surface area (Å²) in [5.74, 6) is -0.145. The maximum atomic E-state index is 12.2. The molecule has 0 saturated heterocycles. The Bertz CT molecular complexity index is 781. The molecule has 0 aliphatic heterocycles. The third-order valence-corrected chi connectivity index (χ3v) is 3.70. The van der Waals surface area contributed by atoms with Gasteiger partial charge in [0.1, 0.15) is 5.75 Å². The van der Waals surface area contributed by atoms with Crippen LogP contribution >= 0.6 is 0 Å². The number of ether oxygens (including phenoxy) is 2. The Kier molecular flexibility index (Phi) is 7.55. The van der Waals surface area contributed by atoms with Gasteiger partial charge < -0.3 is 14.8 Å². The first-order valence-corrected chi connectivity index (χ1v) is 8.86. The zero-order valence-corrected chi connectivity index (χ0v) is 15.5. The number of hydrogen-bond acceptors (Lipinski definition) is 5. The van der Waals surface area contributed by atoms with Crippen LogP contribution in [0.15, 0.2) is 48.5 Å². The summed E-state index contributed by atoms with van der Waals surface area (Å²) in [5, 5.41) is 2.77. The van der Waals surface area contributed by atoms with Gasteiger partial charge >= 0.3 is 5.97 Å². The van der Waals surface area contributed by atoms with Gasteiger partial charge in [0, 0.05) is 17.7 Å². The van der Waals surface area contributed by atoms with Crippen molar-refractivity contribution in [3.05, 3.63) is 59.7 Å². The molecular formula is C21H23NO5. The number of benzene rings is 2. The summed E-state index contributed by atoms with van der Waals surface area (Å²) in [6, 6.07) is 13.1. The SMILES string of the molecule is CCCC(=O)Nc1ccc(C(=O)COc2ccc(C(=O)OCC)cc2)cc1. The van der Waals surface area contributed by atoms with E-state index in [1.54, 1.807) is 55.5 Å². The molecule has 1 N–H and O–H groups in total. The van der Waals surface area contributed by atoms with E-state index in [1.807, 2.05) is 6.92 Å². The minimum atomic E-state index is -0.397. The number of carbonyl (C=O) groups excluding carboxylic acids is 3. The van der Waals surface area contributed by atoms with Gasteiger partial charge in [-0.2, -0.15) is 0 Å². The average molecular weight is 369 g/mol.